The van der Waals surface area contributed by atoms with Gasteiger partial charge in [0.25, 0.3) is 5.69 Å². The molecule has 2 aromatic rings. The van der Waals surface area contributed by atoms with Crippen molar-refractivity contribution >= 4 is 34.9 Å². The molecule has 0 saturated carbocycles. The Bertz CT molecular complexity index is 1040. The molecule has 0 spiro atoms. The summed E-state index contributed by atoms with van der Waals surface area (Å²) in [6.45, 7) is 0.979. The first-order valence-electron chi connectivity index (χ1n) is 10.7. The van der Waals surface area contributed by atoms with Gasteiger partial charge in [-0.1, -0.05) is 41.9 Å². The molecular formula is C23H24ClN3O5. The van der Waals surface area contributed by atoms with Crippen LogP contribution in [-0.4, -0.2) is 45.9 Å². The third-order valence-electron chi connectivity index (χ3n) is 6.45. The van der Waals surface area contributed by atoms with Crippen LogP contribution in [0.4, 0.5) is 11.4 Å². The highest BCUT2D eigenvalue weighted by molar-refractivity contribution is 6.31. The summed E-state index contributed by atoms with van der Waals surface area (Å²) >= 11 is 6.37. The van der Waals surface area contributed by atoms with Crippen molar-refractivity contribution in [3.8, 4) is 0 Å². The van der Waals surface area contributed by atoms with Crippen LogP contribution in [0.25, 0.3) is 0 Å². The van der Waals surface area contributed by atoms with Crippen LogP contribution in [0, 0.1) is 16.0 Å². The number of anilines is 1. The normalized spacial score (nSPS) is 21.5. The van der Waals surface area contributed by atoms with Crippen LogP contribution in [0.15, 0.2) is 48.5 Å². The molecule has 4 rings (SSSR count). The van der Waals surface area contributed by atoms with Gasteiger partial charge in [0.05, 0.1) is 11.0 Å². The second-order valence-corrected chi connectivity index (χ2v) is 8.63. The number of nitro benzene ring substituents is 1. The van der Waals surface area contributed by atoms with Gasteiger partial charge in [0.2, 0.25) is 5.91 Å². The molecule has 2 fully saturated rings. The minimum absolute atomic E-state index is 0.0431. The Balaban J connectivity index is 1.52. The van der Waals surface area contributed by atoms with E-state index < -0.39 is 16.9 Å². The van der Waals surface area contributed by atoms with Crippen molar-refractivity contribution in [2.75, 3.05) is 18.0 Å². The van der Waals surface area contributed by atoms with E-state index in [1.165, 1.54) is 11.0 Å². The molecule has 9 heteroatoms. The summed E-state index contributed by atoms with van der Waals surface area (Å²) in [6.07, 6.45) is 1.93. The van der Waals surface area contributed by atoms with E-state index in [0.29, 0.717) is 49.5 Å². The lowest BCUT2D eigenvalue weighted by Crippen LogP contribution is -2.47. The van der Waals surface area contributed by atoms with Crippen LogP contribution in [0.3, 0.4) is 0 Å². The summed E-state index contributed by atoms with van der Waals surface area (Å²) in [6, 6.07) is 12.6. The fraction of sp³-hybridized carbons (Fsp3) is 0.391. The molecule has 2 heterocycles. The molecule has 0 bridgehead atoms. The van der Waals surface area contributed by atoms with Crippen molar-refractivity contribution in [3.05, 3.63) is 69.2 Å². The number of amides is 1. The fourth-order valence-corrected chi connectivity index (χ4v) is 5.14. The average Bonchev–Trinajstić information content (AvgIpc) is 3.24. The molecule has 168 valence electrons. The fourth-order valence-electron chi connectivity index (χ4n) is 4.88. The first kappa shape index (κ1) is 22.1. The van der Waals surface area contributed by atoms with Gasteiger partial charge in [0.1, 0.15) is 11.7 Å². The molecule has 32 heavy (non-hydrogen) atoms. The summed E-state index contributed by atoms with van der Waals surface area (Å²) in [4.78, 5) is 39.8. The Hall–Kier alpha value is -3.13. The molecule has 2 atom stereocenters. The van der Waals surface area contributed by atoms with Crippen LogP contribution in [-0.2, 0) is 9.59 Å². The van der Waals surface area contributed by atoms with Crippen molar-refractivity contribution in [3.63, 3.8) is 0 Å². The molecule has 8 nitrogen and oxygen atoms in total. The third kappa shape index (κ3) is 4.14. The minimum atomic E-state index is -1.01. The van der Waals surface area contributed by atoms with E-state index in [4.69, 9.17) is 11.6 Å². The zero-order chi connectivity index (χ0) is 22.8. The molecule has 2 aliphatic heterocycles. The number of carboxylic acids is 1. The quantitative estimate of drug-likeness (QED) is 0.530. The molecular weight excluding hydrogens is 434 g/mol. The Labute approximate surface area is 190 Å². The Kier molecular flexibility index (Phi) is 6.32. The van der Waals surface area contributed by atoms with E-state index in [0.717, 1.165) is 5.56 Å². The number of nitro groups is 1. The summed E-state index contributed by atoms with van der Waals surface area (Å²) in [7, 11) is 0. The number of hydrogen-bond donors (Lipinski definition) is 1. The summed E-state index contributed by atoms with van der Waals surface area (Å²) in [5.41, 5.74) is 1.35. The highest BCUT2D eigenvalue weighted by atomic mass is 35.5. The number of halogens is 1. The first-order valence-corrected chi connectivity index (χ1v) is 11.0. The van der Waals surface area contributed by atoms with Crippen LogP contribution < -0.4 is 4.90 Å². The molecule has 0 unspecified atom stereocenters. The van der Waals surface area contributed by atoms with Crippen LogP contribution in [0.1, 0.15) is 37.3 Å². The van der Waals surface area contributed by atoms with Gasteiger partial charge in [-0.25, -0.2) is 4.79 Å². The van der Waals surface area contributed by atoms with E-state index in [2.05, 4.69) is 0 Å². The van der Waals surface area contributed by atoms with E-state index in [9.17, 15) is 24.8 Å². The van der Waals surface area contributed by atoms with Crippen LogP contribution >= 0.6 is 11.6 Å². The smallest absolute Gasteiger partial charge is 0.326 e. The SMILES string of the molecule is O=C(O)[C@@H]1CC[C@H](c2ccccc2Cl)N1C(=O)C1CCN(c2ccccc2[N+](=O)[O-])CC1. The van der Waals surface area contributed by atoms with Gasteiger partial charge in [0, 0.05) is 30.1 Å². The first-order chi connectivity index (χ1) is 15.4. The number of piperidine rings is 1. The zero-order valence-electron chi connectivity index (χ0n) is 17.4. The number of likely N-dealkylation sites (tertiary alicyclic amines) is 1. The maximum absolute atomic E-state index is 13.5. The number of aliphatic carboxylic acids is 1. The summed E-state index contributed by atoms with van der Waals surface area (Å²) in [5.74, 6) is -1.52. The molecule has 1 amide bonds. The van der Waals surface area contributed by atoms with Crippen molar-refractivity contribution in [2.45, 2.75) is 37.8 Å². The Morgan fingerprint density at radius 1 is 1.00 bits per heavy atom. The summed E-state index contributed by atoms with van der Waals surface area (Å²) < 4.78 is 0. The van der Waals surface area contributed by atoms with E-state index in [1.54, 1.807) is 30.3 Å². The van der Waals surface area contributed by atoms with E-state index in [1.807, 2.05) is 17.0 Å². The summed E-state index contributed by atoms with van der Waals surface area (Å²) in [5, 5.41) is 21.6. The molecule has 2 aliphatic rings. The third-order valence-corrected chi connectivity index (χ3v) is 6.80. The number of nitrogens with zero attached hydrogens (tertiary/aromatic N) is 3. The Morgan fingerprint density at radius 3 is 2.31 bits per heavy atom. The predicted octanol–water partition coefficient (Wildman–Crippen LogP) is 4.28. The lowest BCUT2D eigenvalue weighted by molar-refractivity contribution is -0.384. The largest absolute Gasteiger partial charge is 0.480 e. The number of carbonyl (C=O) groups is 2. The molecule has 0 radical (unpaired) electrons. The molecule has 0 aliphatic carbocycles. The second kappa shape index (κ2) is 9.16. The molecule has 2 aromatic carbocycles. The van der Waals surface area contributed by atoms with Gasteiger partial charge in [-0.05, 0) is 43.4 Å². The van der Waals surface area contributed by atoms with Crippen LogP contribution in [0.5, 0.6) is 0 Å². The number of para-hydroxylation sites is 2. The Morgan fingerprint density at radius 2 is 1.66 bits per heavy atom. The van der Waals surface area contributed by atoms with Gasteiger partial charge in [-0.3, -0.25) is 14.9 Å². The van der Waals surface area contributed by atoms with E-state index in [-0.39, 0.29) is 23.6 Å². The number of benzene rings is 2. The van der Waals surface area contributed by atoms with Gasteiger partial charge in [-0.2, -0.15) is 0 Å². The average molecular weight is 458 g/mol. The molecule has 1 N–H and O–H groups in total. The van der Waals surface area contributed by atoms with Crippen LogP contribution in [0.2, 0.25) is 5.02 Å². The number of rotatable bonds is 5. The highest BCUT2D eigenvalue weighted by Gasteiger charge is 2.44. The zero-order valence-corrected chi connectivity index (χ0v) is 18.1. The van der Waals surface area contributed by atoms with Gasteiger partial charge < -0.3 is 14.9 Å². The van der Waals surface area contributed by atoms with Gasteiger partial charge >= 0.3 is 5.97 Å². The number of carbonyl (C=O) groups excluding carboxylic acids is 1. The van der Waals surface area contributed by atoms with Crippen molar-refractivity contribution in [1.82, 2.24) is 4.90 Å². The van der Waals surface area contributed by atoms with Crippen molar-refractivity contribution < 1.29 is 19.6 Å². The standard InChI is InChI=1S/C23H24ClN3O5/c24-17-6-2-1-5-16(17)18-9-10-21(23(29)30)26(18)22(28)15-11-13-25(14-12-15)19-7-3-4-8-20(19)27(31)32/h1-8,15,18,21H,9-14H2,(H,29,30)/t18-,21+/m1/s1. The monoisotopic (exact) mass is 457 g/mol. The van der Waals surface area contributed by atoms with Crippen molar-refractivity contribution in [2.24, 2.45) is 5.92 Å². The lowest BCUT2D eigenvalue weighted by atomic mass is 9.93. The number of carboxylic acid groups (broad SMARTS) is 1. The predicted molar refractivity (Wildman–Crippen MR) is 120 cm³/mol. The van der Waals surface area contributed by atoms with Gasteiger partial charge in [0.15, 0.2) is 0 Å². The minimum Gasteiger partial charge on any atom is -0.480 e. The topological polar surface area (TPSA) is 104 Å². The lowest BCUT2D eigenvalue weighted by Gasteiger charge is -2.37. The highest BCUT2D eigenvalue weighted by Crippen LogP contribution is 2.41. The maximum Gasteiger partial charge on any atom is 0.326 e. The molecule has 0 aromatic heterocycles. The molecule has 2 saturated heterocycles. The second-order valence-electron chi connectivity index (χ2n) is 8.22. The number of hydrogen-bond acceptors (Lipinski definition) is 5. The van der Waals surface area contributed by atoms with Crippen molar-refractivity contribution in [1.29, 1.82) is 0 Å². The van der Waals surface area contributed by atoms with Gasteiger partial charge in [-0.15, -0.1) is 0 Å². The van der Waals surface area contributed by atoms with E-state index >= 15 is 0 Å². The maximum atomic E-state index is 13.5.